The summed E-state index contributed by atoms with van der Waals surface area (Å²) in [6, 6.07) is 6.60. The van der Waals surface area contributed by atoms with Crippen LogP contribution < -0.4 is 5.32 Å². The van der Waals surface area contributed by atoms with E-state index < -0.39 is 0 Å². The molecule has 3 heterocycles. The zero-order chi connectivity index (χ0) is 11.9. The first-order valence-electron chi connectivity index (χ1n) is 7.12. The lowest BCUT2D eigenvalue weighted by atomic mass is 9.97. The van der Waals surface area contributed by atoms with Crippen molar-refractivity contribution in [3.8, 4) is 0 Å². The van der Waals surface area contributed by atoms with E-state index in [1.165, 1.54) is 48.1 Å². The van der Waals surface area contributed by atoms with E-state index >= 15 is 0 Å². The second-order valence-electron chi connectivity index (χ2n) is 5.53. The van der Waals surface area contributed by atoms with Crippen LogP contribution in [0.5, 0.6) is 0 Å². The molecule has 1 saturated heterocycles. The molecule has 0 unspecified atom stereocenters. The van der Waals surface area contributed by atoms with E-state index in [-0.39, 0.29) is 0 Å². The van der Waals surface area contributed by atoms with Crippen LogP contribution in [0.1, 0.15) is 36.6 Å². The van der Waals surface area contributed by atoms with E-state index in [0.717, 1.165) is 19.6 Å². The van der Waals surface area contributed by atoms with Gasteiger partial charge in [-0.2, -0.15) is 0 Å². The van der Waals surface area contributed by atoms with Crippen molar-refractivity contribution in [2.24, 2.45) is 0 Å². The van der Waals surface area contributed by atoms with Crippen LogP contribution in [0.3, 0.4) is 0 Å². The largest absolute Gasteiger partial charge is 0.328 e. The van der Waals surface area contributed by atoms with Crippen molar-refractivity contribution in [2.75, 3.05) is 13.1 Å². The summed E-state index contributed by atoms with van der Waals surface area (Å²) in [6.07, 6.45) is 4.95. The van der Waals surface area contributed by atoms with E-state index in [2.05, 4.69) is 28.1 Å². The highest BCUT2D eigenvalue weighted by Crippen LogP contribution is 2.32. The van der Waals surface area contributed by atoms with Crippen LogP contribution in [-0.4, -0.2) is 22.6 Å². The number of benzene rings is 1. The van der Waals surface area contributed by atoms with E-state index in [9.17, 15) is 0 Å². The van der Waals surface area contributed by atoms with Gasteiger partial charge in [0.2, 0.25) is 0 Å². The first kappa shape index (κ1) is 10.6. The minimum atomic E-state index is 0.657. The summed E-state index contributed by atoms with van der Waals surface area (Å²) in [7, 11) is 0. The van der Waals surface area contributed by atoms with E-state index in [1.807, 2.05) is 0 Å². The summed E-state index contributed by atoms with van der Waals surface area (Å²) < 4.78 is 2.50. The SMILES string of the molecule is c1cc2c3c(c1)nc(C1CCNCC1)n3CCC2. The van der Waals surface area contributed by atoms with Gasteiger partial charge in [-0.05, 0) is 50.4 Å². The smallest absolute Gasteiger partial charge is 0.113 e. The van der Waals surface area contributed by atoms with E-state index in [0.29, 0.717) is 5.92 Å². The maximum absolute atomic E-state index is 4.94. The van der Waals surface area contributed by atoms with E-state index in [4.69, 9.17) is 4.98 Å². The first-order valence-corrected chi connectivity index (χ1v) is 7.12. The fourth-order valence-corrected chi connectivity index (χ4v) is 3.53. The Hall–Kier alpha value is -1.35. The summed E-state index contributed by atoms with van der Waals surface area (Å²) in [4.78, 5) is 4.94. The van der Waals surface area contributed by atoms with Crippen molar-refractivity contribution in [3.05, 3.63) is 29.6 Å². The number of piperidine rings is 1. The average Bonchev–Trinajstić information content (AvgIpc) is 2.82. The quantitative estimate of drug-likeness (QED) is 0.831. The molecule has 2 aliphatic heterocycles. The number of aryl methyl sites for hydroxylation is 2. The summed E-state index contributed by atoms with van der Waals surface area (Å²) in [5.41, 5.74) is 4.12. The molecular formula is C15H19N3. The number of nitrogens with one attached hydrogen (secondary N) is 1. The van der Waals surface area contributed by atoms with Crippen LogP contribution in [-0.2, 0) is 13.0 Å². The maximum Gasteiger partial charge on any atom is 0.113 e. The molecule has 94 valence electrons. The number of hydrogen-bond donors (Lipinski definition) is 1. The van der Waals surface area contributed by atoms with Crippen molar-refractivity contribution < 1.29 is 0 Å². The number of imidazole rings is 1. The van der Waals surface area contributed by atoms with Gasteiger partial charge in [-0.3, -0.25) is 0 Å². The fourth-order valence-electron chi connectivity index (χ4n) is 3.53. The highest BCUT2D eigenvalue weighted by molar-refractivity contribution is 5.80. The Morgan fingerprint density at radius 3 is 3.00 bits per heavy atom. The van der Waals surface area contributed by atoms with Gasteiger partial charge in [0.15, 0.2) is 0 Å². The topological polar surface area (TPSA) is 29.9 Å². The van der Waals surface area contributed by atoms with Gasteiger partial charge in [0.25, 0.3) is 0 Å². The molecule has 4 rings (SSSR count). The Kier molecular flexibility index (Phi) is 2.40. The molecule has 0 saturated carbocycles. The average molecular weight is 241 g/mol. The molecule has 0 radical (unpaired) electrons. The van der Waals surface area contributed by atoms with Crippen LogP contribution in [0.15, 0.2) is 18.2 Å². The third-order valence-corrected chi connectivity index (χ3v) is 4.41. The fraction of sp³-hybridized carbons (Fsp3) is 0.533. The van der Waals surface area contributed by atoms with Crippen molar-refractivity contribution in [3.63, 3.8) is 0 Å². The van der Waals surface area contributed by atoms with Gasteiger partial charge < -0.3 is 9.88 Å². The molecule has 0 bridgehead atoms. The standard InChI is InChI=1S/C15H19N3/c1-3-11-4-2-10-18-14(11)13(5-1)17-15(18)12-6-8-16-9-7-12/h1,3,5,12,16H,2,4,6-10H2. The highest BCUT2D eigenvalue weighted by Gasteiger charge is 2.24. The summed E-state index contributed by atoms with van der Waals surface area (Å²) >= 11 is 0. The summed E-state index contributed by atoms with van der Waals surface area (Å²) in [5, 5.41) is 3.44. The monoisotopic (exact) mass is 241 g/mol. The van der Waals surface area contributed by atoms with Gasteiger partial charge in [-0.15, -0.1) is 0 Å². The third-order valence-electron chi connectivity index (χ3n) is 4.41. The molecule has 1 aromatic carbocycles. The second kappa shape index (κ2) is 4.09. The van der Waals surface area contributed by atoms with Gasteiger partial charge in [0.1, 0.15) is 5.82 Å². The number of rotatable bonds is 1. The Balaban J connectivity index is 1.88. The second-order valence-corrected chi connectivity index (χ2v) is 5.53. The highest BCUT2D eigenvalue weighted by atomic mass is 15.1. The first-order chi connectivity index (χ1) is 8.93. The van der Waals surface area contributed by atoms with Crippen molar-refractivity contribution in [2.45, 2.75) is 38.1 Å². The van der Waals surface area contributed by atoms with Gasteiger partial charge in [0.05, 0.1) is 11.0 Å². The lowest BCUT2D eigenvalue weighted by Crippen LogP contribution is -2.28. The zero-order valence-electron chi connectivity index (χ0n) is 10.7. The van der Waals surface area contributed by atoms with Crippen LogP contribution in [0, 0.1) is 0 Å². The molecule has 0 amide bonds. The van der Waals surface area contributed by atoms with Crippen molar-refractivity contribution in [1.82, 2.24) is 14.9 Å². The van der Waals surface area contributed by atoms with E-state index in [1.54, 1.807) is 0 Å². The van der Waals surface area contributed by atoms with Gasteiger partial charge in [-0.1, -0.05) is 12.1 Å². The Morgan fingerprint density at radius 2 is 2.11 bits per heavy atom. The summed E-state index contributed by atoms with van der Waals surface area (Å²) in [5.74, 6) is 2.00. The predicted octanol–water partition coefficient (Wildman–Crippen LogP) is 2.45. The Labute approximate surface area is 107 Å². The molecule has 0 atom stereocenters. The van der Waals surface area contributed by atoms with Crippen LogP contribution >= 0.6 is 0 Å². The van der Waals surface area contributed by atoms with Gasteiger partial charge >= 0.3 is 0 Å². The zero-order valence-corrected chi connectivity index (χ0v) is 10.7. The summed E-state index contributed by atoms with van der Waals surface area (Å²) in [6.45, 7) is 3.44. The Bertz CT molecular complexity index is 579. The van der Waals surface area contributed by atoms with Crippen molar-refractivity contribution >= 4 is 11.0 Å². The minimum absolute atomic E-state index is 0.657. The van der Waals surface area contributed by atoms with Crippen LogP contribution in [0.2, 0.25) is 0 Å². The maximum atomic E-state index is 4.94. The predicted molar refractivity (Wildman–Crippen MR) is 72.9 cm³/mol. The molecule has 3 heteroatoms. The number of hydrogen-bond acceptors (Lipinski definition) is 2. The molecule has 1 N–H and O–H groups in total. The van der Waals surface area contributed by atoms with Crippen LogP contribution in [0.4, 0.5) is 0 Å². The lowest BCUT2D eigenvalue weighted by Gasteiger charge is -2.24. The molecule has 0 aliphatic carbocycles. The molecule has 3 nitrogen and oxygen atoms in total. The molecule has 1 aromatic heterocycles. The lowest BCUT2D eigenvalue weighted by molar-refractivity contribution is 0.428. The van der Waals surface area contributed by atoms with Gasteiger partial charge in [0, 0.05) is 12.5 Å². The molecule has 2 aliphatic rings. The molecule has 18 heavy (non-hydrogen) atoms. The molecular weight excluding hydrogens is 222 g/mol. The number of nitrogens with zero attached hydrogens (tertiary/aromatic N) is 2. The molecule has 1 fully saturated rings. The number of aromatic nitrogens is 2. The number of para-hydroxylation sites is 1. The Morgan fingerprint density at radius 1 is 1.22 bits per heavy atom. The minimum Gasteiger partial charge on any atom is -0.328 e. The van der Waals surface area contributed by atoms with Gasteiger partial charge in [-0.25, -0.2) is 4.98 Å². The molecule has 2 aromatic rings. The normalized spacial score (nSPS) is 20.4. The van der Waals surface area contributed by atoms with Crippen LogP contribution in [0.25, 0.3) is 11.0 Å². The molecule has 0 spiro atoms. The third kappa shape index (κ3) is 1.50. The van der Waals surface area contributed by atoms with Crippen molar-refractivity contribution in [1.29, 1.82) is 0 Å².